The molecule has 0 aromatic heterocycles. The Balaban J connectivity index is 2.13. The molecule has 0 saturated carbocycles. The van der Waals surface area contributed by atoms with Crippen molar-refractivity contribution < 1.29 is 0 Å². The van der Waals surface area contributed by atoms with Crippen molar-refractivity contribution in [2.45, 2.75) is 13.0 Å². The molecular formula is C12H17ClN2. The molecule has 2 rings (SSSR count). The van der Waals surface area contributed by atoms with Gasteiger partial charge in [0.05, 0.1) is 0 Å². The number of likely N-dealkylation sites (N-methyl/N-ethyl adjacent to an activating group) is 1. The van der Waals surface area contributed by atoms with Gasteiger partial charge in [-0.3, -0.25) is 0 Å². The largest absolute Gasteiger partial charge is 0.308 e. The highest BCUT2D eigenvalue weighted by molar-refractivity contribution is 6.31. The molecule has 1 saturated heterocycles. The zero-order chi connectivity index (χ0) is 10.7. The maximum Gasteiger partial charge on any atom is 0.0464 e. The van der Waals surface area contributed by atoms with Crippen LogP contribution in [-0.2, 0) is 0 Å². The number of piperazine rings is 1. The Morgan fingerprint density at radius 2 is 2.27 bits per heavy atom. The van der Waals surface area contributed by atoms with Gasteiger partial charge in [0, 0.05) is 30.7 Å². The summed E-state index contributed by atoms with van der Waals surface area (Å²) in [6, 6.07) is 8.48. The third-order valence-electron chi connectivity index (χ3n) is 2.99. The maximum absolute atomic E-state index is 6.19. The van der Waals surface area contributed by atoms with Crippen molar-refractivity contribution in [3.63, 3.8) is 0 Å². The standard InChI is InChI=1S/C12H17ClN2/c1-2-15-8-7-14-12(9-15)10-5-3-4-6-11(10)13/h3-6,12,14H,2,7-9H2,1H3/t12-/m0/s1. The summed E-state index contributed by atoms with van der Waals surface area (Å²) in [7, 11) is 0. The third kappa shape index (κ3) is 2.51. The molecule has 1 aromatic carbocycles. The Morgan fingerprint density at radius 1 is 1.47 bits per heavy atom. The molecule has 1 aliphatic rings. The van der Waals surface area contributed by atoms with Gasteiger partial charge in [0.25, 0.3) is 0 Å². The second kappa shape index (κ2) is 4.97. The maximum atomic E-state index is 6.19. The van der Waals surface area contributed by atoms with Crippen LogP contribution in [0.15, 0.2) is 24.3 Å². The zero-order valence-electron chi connectivity index (χ0n) is 9.04. The van der Waals surface area contributed by atoms with Crippen molar-refractivity contribution in [1.29, 1.82) is 0 Å². The van der Waals surface area contributed by atoms with Crippen molar-refractivity contribution in [2.24, 2.45) is 0 Å². The van der Waals surface area contributed by atoms with Crippen molar-refractivity contribution in [3.05, 3.63) is 34.9 Å². The molecule has 1 heterocycles. The molecule has 2 nitrogen and oxygen atoms in total. The molecule has 1 aromatic rings. The second-order valence-electron chi connectivity index (χ2n) is 3.92. The van der Waals surface area contributed by atoms with Gasteiger partial charge in [-0.15, -0.1) is 0 Å². The summed E-state index contributed by atoms with van der Waals surface area (Å²) in [6.07, 6.45) is 0. The summed E-state index contributed by atoms with van der Waals surface area (Å²) >= 11 is 6.19. The van der Waals surface area contributed by atoms with Crippen LogP contribution in [0.4, 0.5) is 0 Å². The van der Waals surface area contributed by atoms with Gasteiger partial charge in [0.2, 0.25) is 0 Å². The highest BCUT2D eigenvalue weighted by Crippen LogP contribution is 2.24. The number of rotatable bonds is 2. The van der Waals surface area contributed by atoms with Crippen molar-refractivity contribution >= 4 is 11.6 Å². The summed E-state index contributed by atoms with van der Waals surface area (Å²) in [5.74, 6) is 0. The van der Waals surface area contributed by atoms with Gasteiger partial charge in [-0.2, -0.15) is 0 Å². The van der Waals surface area contributed by atoms with E-state index < -0.39 is 0 Å². The van der Waals surface area contributed by atoms with Gasteiger partial charge >= 0.3 is 0 Å². The van der Waals surface area contributed by atoms with E-state index in [1.807, 2.05) is 18.2 Å². The van der Waals surface area contributed by atoms with Crippen LogP contribution in [0.3, 0.4) is 0 Å². The Labute approximate surface area is 96.2 Å². The summed E-state index contributed by atoms with van der Waals surface area (Å²) in [5.41, 5.74) is 1.22. The zero-order valence-corrected chi connectivity index (χ0v) is 9.80. The molecule has 0 amide bonds. The number of hydrogen-bond donors (Lipinski definition) is 1. The summed E-state index contributed by atoms with van der Waals surface area (Å²) in [5, 5.41) is 4.38. The predicted molar refractivity (Wildman–Crippen MR) is 64.3 cm³/mol. The van der Waals surface area contributed by atoms with E-state index in [0.29, 0.717) is 6.04 Å². The average Bonchev–Trinajstić information content (AvgIpc) is 2.30. The number of hydrogen-bond acceptors (Lipinski definition) is 2. The molecule has 1 aliphatic heterocycles. The van der Waals surface area contributed by atoms with E-state index >= 15 is 0 Å². The van der Waals surface area contributed by atoms with E-state index in [0.717, 1.165) is 31.2 Å². The normalized spacial score (nSPS) is 22.9. The predicted octanol–water partition coefficient (Wildman–Crippen LogP) is 2.31. The fourth-order valence-corrected chi connectivity index (χ4v) is 2.33. The van der Waals surface area contributed by atoms with E-state index in [4.69, 9.17) is 11.6 Å². The number of nitrogens with one attached hydrogen (secondary N) is 1. The van der Waals surface area contributed by atoms with Crippen molar-refractivity contribution in [2.75, 3.05) is 26.2 Å². The van der Waals surface area contributed by atoms with Crippen LogP contribution in [0.5, 0.6) is 0 Å². The van der Waals surface area contributed by atoms with Crippen LogP contribution >= 0.6 is 11.6 Å². The molecule has 1 N–H and O–H groups in total. The lowest BCUT2D eigenvalue weighted by molar-refractivity contribution is 0.210. The van der Waals surface area contributed by atoms with Crippen LogP contribution in [0, 0.1) is 0 Å². The minimum Gasteiger partial charge on any atom is -0.308 e. The quantitative estimate of drug-likeness (QED) is 0.830. The summed E-state index contributed by atoms with van der Waals surface area (Å²) < 4.78 is 0. The van der Waals surface area contributed by atoms with Crippen LogP contribution in [0.2, 0.25) is 5.02 Å². The molecule has 0 aliphatic carbocycles. The van der Waals surface area contributed by atoms with Gasteiger partial charge in [-0.25, -0.2) is 0 Å². The molecule has 0 bridgehead atoms. The molecule has 0 unspecified atom stereocenters. The molecule has 0 radical (unpaired) electrons. The minimum atomic E-state index is 0.382. The van der Waals surface area contributed by atoms with Gasteiger partial charge < -0.3 is 10.2 Å². The van der Waals surface area contributed by atoms with E-state index in [1.165, 1.54) is 5.56 Å². The van der Waals surface area contributed by atoms with Crippen molar-refractivity contribution in [3.8, 4) is 0 Å². The first-order valence-electron chi connectivity index (χ1n) is 5.51. The van der Waals surface area contributed by atoms with Crippen LogP contribution in [0.25, 0.3) is 0 Å². The number of halogens is 1. The fourth-order valence-electron chi connectivity index (χ4n) is 2.06. The first-order chi connectivity index (χ1) is 7.31. The lowest BCUT2D eigenvalue weighted by Gasteiger charge is -2.33. The number of nitrogens with zero attached hydrogens (tertiary/aromatic N) is 1. The highest BCUT2D eigenvalue weighted by Gasteiger charge is 2.20. The number of benzene rings is 1. The minimum absolute atomic E-state index is 0.382. The average molecular weight is 225 g/mol. The molecular weight excluding hydrogens is 208 g/mol. The highest BCUT2D eigenvalue weighted by atomic mass is 35.5. The van der Waals surface area contributed by atoms with Gasteiger partial charge in [0.1, 0.15) is 0 Å². The molecule has 1 fully saturated rings. The van der Waals surface area contributed by atoms with Gasteiger partial charge in [0.15, 0.2) is 0 Å². The van der Waals surface area contributed by atoms with Crippen molar-refractivity contribution in [1.82, 2.24) is 10.2 Å². The van der Waals surface area contributed by atoms with E-state index in [-0.39, 0.29) is 0 Å². The molecule has 1 atom stereocenters. The lowest BCUT2D eigenvalue weighted by atomic mass is 10.0. The fraction of sp³-hybridized carbons (Fsp3) is 0.500. The monoisotopic (exact) mass is 224 g/mol. The first kappa shape index (κ1) is 10.9. The summed E-state index contributed by atoms with van der Waals surface area (Å²) in [6.45, 7) is 6.55. The van der Waals surface area contributed by atoms with E-state index in [9.17, 15) is 0 Å². The SMILES string of the molecule is CCN1CCN[C@H](c2ccccc2Cl)C1. The lowest BCUT2D eigenvalue weighted by Crippen LogP contribution is -2.45. The summed E-state index contributed by atoms with van der Waals surface area (Å²) in [4.78, 5) is 2.45. The Bertz CT molecular complexity index is 327. The van der Waals surface area contributed by atoms with Gasteiger partial charge in [-0.1, -0.05) is 36.7 Å². The Hall–Kier alpha value is -0.570. The molecule has 3 heteroatoms. The Kier molecular flexibility index (Phi) is 3.62. The second-order valence-corrected chi connectivity index (χ2v) is 4.33. The molecule has 82 valence electrons. The van der Waals surface area contributed by atoms with Gasteiger partial charge in [-0.05, 0) is 18.2 Å². The Morgan fingerprint density at radius 3 is 3.00 bits per heavy atom. The topological polar surface area (TPSA) is 15.3 Å². The van der Waals surface area contributed by atoms with Crippen LogP contribution in [-0.4, -0.2) is 31.1 Å². The smallest absolute Gasteiger partial charge is 0.0464 e. The first-order valence-corrected chi connectivity index (χ1v) is 5.89. The van der Waals surface area contributed by atoms with Crippen LogP contribution < -0.4 is 5.32 Å². The molecule has 15 heavy (non-hydrogen) atoms. The third-order valence-corrected chi connectivity index (χ3v) is 3.33. The van der Waals surface area contributed by atoms with Crippen LogP contribution in [0.1, 0.15) is 18.5 Å². The van der Waals surface area contributed by atoms with E-state index in [1.54, 1.807) is 0 Å². The van der Waals surface area contributed by atoms with E-state index in [2.05, 4.69) is 23.2 Å². The molecule has 0 spiro atoms.